The summed E-state index contributed by atoms with van der Waals surface area (Å²) in [5, 5.41) is 0. The minimum absolute atomic E-state index is 0.375. The van der Waals surface area contributed by atoms with E-state index in [9.17, 15) is 0 Å². The minimum Gasteiger partial charge on any atom is -0.399 e. The highest BCUT2D eigenvalue weighted by Gasteiger charge is 2.15. The van der Waals surface area contributed by atoms with Crippen molar-refractivity contribution in [1.29, 1.82) is 0 Å². The van der Waals surface area contributed by atoms with Gasteiger partial charge in [0.15, 0.2) is 0 Å². The van der Waals surface area contributed by atoms with Crippen LogP contribution in [0.1, 0.15) is 19.3 Å². The Morgan fingerprint density at radius 3 is 3.00 bits per heavy atom. The molecule has 2 rings (SSSR count). The maximum absolute atomic E-state index is 5.77. The summed E-state index contributed by atoms with van der Waals surface area (Å²) < 4.78 is 5.73. The Labute approximate surface area is 97.2 Å². The normalized spacial score (nSPS) is 20.7. The second-order valence-corrected chi connectivity index (χ2v) is 4.46. The molecule has 1 fully saturated rings. The van der Waals surface area contributed by atoms with Crippen LogP contribution in [0.3, 0.4) is 0 Å². The lowest BCUT2D eigenvalue weighted by atomic mass is 10.1. The third kappa shape index (κ3) is 2.89. The summed E-state index contributed by atoms with van der Waals surface area (Å²) in [6.07, 6.45) is 4.04. The molecule has 1 aromatic carbocycles. The second kappa shape index (κ2) is 5.21. The van der Waals surface area contributed by atoms with Crippen molar-refractivity contribution in [3.05, 3.63) is 24.3 Å². The van der Waals surface area contributed by atoms with Gasteiger partial charge in [0.05, 0.1) is 6.10 Å². The average Bonchev–Trinajstić information content (AvgIpc) is 2.30. The molecular formula is C13H20N2O. The number of nitrogens with zero attached hydrogens (tertiary/aromatic N) is 1. The molecule has 0 aromatic heterocycles. The molecule has 2 N–H and O–H groups in total. The van der Waals surface area contributed by atoms with Gasteiger partial charge in [0.1, 0.15) is 0 Å². The topological polar surface area (TPSA) is 38.5 Å². The summed E-state index contributed by atoms with van der Waals surface area (Å²) in [4.78, 5) is 2.21. The van der Waals surface area contributed by atoms with Crippen LogP contribution in [0.4, 0.5) is 11.4 Å². The minimum atomic E-state index is 0.375. The number of rotatable bonds is 3. The molecule has 3 nitrogen and oxygen atoms in total. The van der Waals surface area contributed by atoms with Gasteiger partial charge in [0.25, 0.3) is 0 Å². The molecular weight excluding hydrogens is 200 g/mol. The number of hydrogen-bond donors (Lipinski definition) is 1. The molecule has 1 heterocycles. The molecule has 1 aliphatic heterocycles. The Morgan fingerprint density at radius 2 is 2.31 bits per heavy atom. The van der Waals surface area contributed by atoms with Crippen LogP contribution >= 0.6 is 0 Å². The van der Waals surface area contributed by atoms with E-state index in [0.29, 0.717) is 6.10 Å². The monoisotopic (exact) mass is 220 g/mol. The lowest BCUT2D eigenvalue weighted by Gasteiger charge is -2.28. The standard InChI is InChI=1S/C13H20N2O/c1-15(10-13-7-2-3-8-16-13)12-6-4-5-11(14)9-12/h4-6,9,13H,2-3,7-8,10,14H2,1H3. The van der Waals surface area contributed by atoms with Crippen LogP contribution in [0.2, 0.25) is 0 Å². The highest BCUT2D eigenvalue weighted by atomic mass is 16.5. The van der Waals surface area contributed by atoms with E-state index in [4.69, 9.17) is 10.5 Å². The molecule has 0 spiro atoms. The summed E-state index contributed by atoms with van der Waals surface area (Å²) in [5.41, 5.74) is 7.75. The Balaban J connectivity index is 1.94. The molecule has 1 aliphatic rings. The fourth-order valence-corrected chi connectivity index (χ4v) is 2.12. The molecule has 1 unspecified atom stereocenters. The van der Waals surface area contributed by atoms with Crippen molar-refractivity contribution in [2.75, 3.05) is 30.8 Å². The van der Waals surface area contributed by atoms with Gasteiger partial charge in [-0.2, -0.15) is 0 Å². The zero-order valence-corrected chi connectivity index (χ0v) is 9.86. The fraction of sp³-hybridized carbons (Fsp3) is 0.538. The van der Waals surface area contributed by atoms with Gasteiger partial charge < -0.3 is 15.4 Å². The molecule has 0 aliphatic carbocycles. The van der Waals surface area contributed by atoms with E-state index >= 15 is 0 Å². The van der Waals surface area contributed by atoms with Crippen LogP contribution in [0.15, 0.2) is 24.3 Å². The van der Waals surface area contributed by atoms with Crippen molar-refractivity contribution >= 4 is 11.4 Å². The first kappa shape index (κ1) is 11.3. The second-order valence-electron chi connectivity index (χ2n) is 4.46. The smallest absolute Gasteiger partial charge is 0.0749 e. The number of ether oxygens (including phenoxy) is 1. The highest BCUT2D eigenvalue weighted by Crippen LogP contribution is 2.19. The zero-order chi connectivity index (χ0) is 11.4. The predicted molar refractivity (Wildman–Crippen MR) is 67.7 cm³/mol. The first-order chi connectivity index (χ1) is 7.75. The first-order valence-electron chi connectivity index (χ1n) is 5.94. The van der Waals surface area contributed by atoms with Crippen LogP contribution < -0.4 is 10.6 Å². The zero-order valence-electron chi connectivity index (χ0n) is 9.86. The quantitative estimate of drug-likeness (QED) is 0.794. The van der Waals surface area contributed by atoms with E-state index in [-0.39, 0.29) is 0 Å². The number of nitrogen functional groups attached to an aromatic ring is 1. The highest BCUT2D eigenvalue weighted by molar-refractivity contribution is 5.55. The van der Waals surface area contributed by atoms with Crippen molar-refractivity contribution in [3.8, 4) is 0 Å². The Kier molecular flexibility index (Phi) is 3.67. The Hall–Kier alpha value is -1.22. The van der Waals surface area contributed by atoms with E-state index in [2.05, 4.69) is 18.0 Å². The van der Waals surface area contributed by atoms with E-state index in [1.807, 2.05) is 18.2 Å². The van der Waals surface area contributed by atoms with Crippen molar-refractivity contribution in [2.24, 2.45) is 0 Å². The van der Waals surface area contributed by atoms with Gasteiger partial charge in [-0.3, -0.25) is 0 Å². The van der Waals surface area contributed by atoms with Gasteiger partial charge in [-0.25, -0.2) is 0 Å². The number of hydrogen-bond acceptors (Lipinski definition) is 3. The average molecular weight is 220 g/mol. The van der Waals surface area contributed by atoms with Crippen LogP contribution in [0.5, 0.6) is 0 Å². The molecule has 0 saturated carbocycles. The van der Waals surface area contributed by atoms with Crippen LogP contribution in [0.25, 0.3) is 0 Å². The Bertz CT molecular complexity index is 334. The molecule has 1 saturated heterocycles. The predicted octanol–water partition coefficient (Wildman–Crippen LogP) is 2.27. The van der Waals surface area contributed by atoms with Crippen LogP contribution in [0, 0.1) is 0 Å². The molecule has 1 atom stereocenters. The molecule has 16 heavy (non-hydrogen) atoms. The van der Waals surface area contributed by atoms with Crippen molar-refractivity contribution < 1.29 is 4.74 Å². The number of anilines is 2. The third-order valence-electron chi connectivity index (χ3n) is 3.06. The SMILES string of the molecule is CN(CC1CCCCO1)c1cccc(N)c1. The largest absolute Gasteiger partial charge is 0.399 e. The molecule has 0 radical (unpaired) electrons. The van der Waals surface area contributed by atoms with Gasteiger partial charge in [-0.05, 0) is 37.5 Å². The van der Waals surface area contributed by atoms with Crippen LogP contribution in [-0.2, 0) is 4.74 Å². The van der Waals surface area contributed by atoms with Gasteiger partial charge in [0, 0.05) is 31.6 Å². The molecule has 0 bridgehead atoms. The summed E-state index contributed by atoms with van der Waals surface area (Å²) in [6, 6.07) is 7.99. The van der Waals surface area contributed by atoms with Gasteiger partial charge in [-0.1, -0.05) is 6.07 Å². The Morgan fingerprint density at radius 1 is 1.44 bits per heavy atom. The van der Waals surface area contributed by atoms with Crippen molar-refractivity contribution in [2.45, 2.75) is 25.4 Å². The maximum Gasteiger partial charge on any atom is 0.0749 e. The molecule has 1 aromatic rings. The number of benzene rings is 1. The van der Waals surface area contributed by atoms with Gasteiger partial charge in [0.2, 0.25) is 0 Å². The number of likely N-dealkylation sites (N-methyl/N-ethyl adjacent to an activating group) is 1. The molecule has 0 amide bonds. The van der Waals surface area contributed by atoms with Crippen LogP contribution in [-0.4, -0.2) is 26.3 Å². The fourth-order valence-electron chi connectivity index (χ4n) is 2.12. The lowest BCUT2D eigenvalue weighted by molar-refractivity contribution is 0.0216. The summed E-state index contributed by atoms with van der Waals surface area (Å²) in [6.45, 7) is 1.86. The summed E-state index contributed by atoms with van der Waals surface area (Å²) >= 11 is 0. The van der Waals surface area contributed by atoms with Gasteiger partial charge >= 0.3 is 0 Å². The number of nitrogens with two attached hydrogens (primary N) is 1. The van der Waals surface area contributed by atoms with E-state index in [0.717, 1.165) is 24.5 Å². The van der Waals surface area contributed by atoms with E-state index in [1.165, 1.54) is 19.3 Å². The third-order valence-corrected chi connectivity index (χ3v) is 3.06. The van der Waals surface area contributed by atoms with E-state index < -0.39 is 0 Å². The summed E-state index contributed by atoms with van der Waals surface area (Å²) in [7, 11) is 2.09. The molecule has 88 valence electrons. The lowest BCUT2D eigenvalue weighted by Crippen LogP contribution is -2.33. The van der Waals surface area contributed by atoms with Crippen molar-refractivity contribution in [1.82, 2.24) is 0 Å². The van der Waals surface area contributed by atoms with Crippen molar-refractivity contribution in [3.63, 3.8) is 0 Å². The van der Waals surface area contributed by atoms with Gasteiger partial charge in [-0.15, -0.1) is 0 Å². The van der Waals surface area contributed by atoms with E-state index in [1.54, 1.807) is 0 Å². The maximum atomic E-state index is 5.77. The summed E-state index contributed by atoms with van der Waals surface area (Å²) in [5.74, 6) is 0. The first-order valence-corrected chi connectivity index (χ1v) is 5.94. The molecule has 3 heteroatoms.